The lowest BCUT2D eigenvalue weighted by atomic mass is 9.94. The van der Waals surface area contributed by atoms with Crippen molar-refractivity contribution in [3.05, 3.63) is 35.6 Å². The van der Waals surface area contributed by atoms with Crippen LogP contribution in [0.4, 0.5) is 4.39 Å². The van der Waals surface area contributed by atoms with Gasteiger partial charge >= 0.3 is 0 Å². The highest BCUT2D eigenvalue weighted by Gasteiger charge is 2.33. The Hall–Kier alpha value is -0.930. The highest BCUT2D eigenvalue weighted by Crippen LogP contribution is 2.35. The zero-order chi connectivity index (χ0) is 13.8. The van der Waals surface area contributed by atoms with Gasteiger partial charge in [-0.25, -0.2) is 4.39 Å². The molecule has 1 aliphatic rings. The fourth-order valence-electron chi connectivity index (χ4n) is 2.57. The molecule has 0 radical (unpaired) electrons. The fraction of sp³-hybridized carbons (Fsp3) is 0.625. The van der Waals surface area contributed by atoms with Crippen LogP contribution in [0.25, 0.3) is 0 Å². The minimum Gasteiger partial charge on any atom is -0.383 e. The summed E-state index contributed by atoms with van der Waals surface area (Å²) in [6.45, 7) is 5.13. The molecule has 0 aromatic heterocycles. The number of hydrogen-bond acceptors (Lipinski definition) is 2. The molecule has 1 saturated carbocycles. The molecule has 1 aromatic carbocycles. The maximum atomic E-state index is 13.0. The summed E-state index contributed by atoms with van der Waals surface area (Å²) in [7, 11) is 1.75. The Balaban J connectivity index is 2.08. The minimum atomic E-state index is -0.179. The average Bonchev–Trinajstić information content (AvgIpc) is 3.19. The maximum absolute atomic E-state index is 13.0. The van der Waals surface area contributed by atoms with Crippen LogP contribution in [0.2, 0.25) is 0 Å². The Morgan fingerprint density at radius 2 is 1.89 bits per heavy atom. The van der Waals surface area contributed by atoms with Crippen LogP contribution < -0.4 is 5.32 Å². The lowest BCUT2D eigenvalue weighted by Gasteiger charge is -2.28. The topological polar surface area (TPSA) is 21.3 Å². The first kappa shape index (κ1) is 14.5. The largest absolute Gasteiger partial charge is 0.383 e. The van der Waals surface area contributed by atoms with Gasteiger partial charge in [0.2, 0.25) is 0 Å². The molecule has 2 unspecified atom stereocenters. The van der Waals surface area contributed by atoms with Crippen LogP contribution in [0, 0.1) is 17.7 Å². The van der Waals surface area contributed by atoms with Crippen molar-refractivity contribution in [3.8, 4) is 0 Å². The van der Waals surface area contributed by atoms with Gasteiger partial charge < -0.3 is 10.1 Å². The average molecular weight is 265 g/mol. The molecule has 0 aliphatic heterocycles. The highest BCUT2D eigenvalue weighted by atomic mass is 19.1. The van der Waals surface area contributed by atoms with Gasteiger partial charge in [-0.3, -0.25) is 0 Å². The molecule has 3 heteroatoms. The summed E-state index contributed by atoms with van der Waals surface area (Å²) in [5.74, 6) is 1.02. The van der Waals surface area contributed by atoms with Gasteiger partial charge in [-0.15, -0.1) is 0 Å². The zero-order valence-electron chi connectivity index (χ0n) is 12.0. The van der Waals surface area contributed by atoms with Crippen molar-refractivity contribution >= 4 is 0 Å². The lowest BCUT2D eigenvalue weighted by molar-refractivity contribution is 0.146. The molecule has 0 saturated heterocycles. The van der Waals surface area contributed by atoms with Gasteiger partial charge in [-0.05, 0) is 42.4 Å². The Kier molecular flexibility index (Phi) is 4.94. The quantitative estimate of drug-likeness (QED) is 0.814. The summed E-state index contributed by atoms with van der Waals surface area (Å²) in [6, 6.07) is 7.49. The van der Waals surface area contributed by atoms with Crippen molar-refractivity contribution in [2.24, 2.45) is 11.8 Å². The second-order valence-corrected chi connectivity index (χ2v) is 5.84. The van der Waals surface area contributed by atoms with E-state index in [1.165, 1.54) is 25.0 Å². The van der Waals surface area contributed by atoms with Crippen LogP contribution >= 0.6 is 0 Å². The second kappa shape index (κ2) is 6.49. The Morgan fingerprint density at radius 1 is 1.26 bits per heavy atom. The van der Waals surface area contributed by atoms with E-state index >= 15 is 0 Å². The second-order valence-electron chi connectivity index (χ2n) is 5.84. The van der Waals surface area contributed by atoms with Crippen molar-refractivity contribution in [1.29, 1.82) is 0 Å². The predicted molar refractivity (Wildman–Crippen MR) is 75.5 cm³/mol. The van der Waals surface area contributed by atoms with E-state index in [-0.39, 0.29) is 11.9 Å². The van der Waals surface area contributed by atoms with Crippen LogP contribution in [-0.2, 0) is 4.74 Å². The van der Waals surface area contributed by atoms with E-state index in [0.717, 1.165) is 18.1 Å². The molecule has 106 valence electrons. The first-order chi connectivity index (χ1) is 9.11. The van der Waals surface area contributed by atoms with Gasteiger partial charge in [0.15, 0.2) is 0 Å². The molecule has 1 aromatic rings. The summed E-state index contributed by atoms with van der Waals surface area (Å²) >= 11 is 0. The molecular weight excluding hydrogens is 241 g/mol. The van der Waals surface area contributed by atoms with Crippen LogP contribution in [0.1, 0.15) is 38.3 Å². The standard InChI is InChI=1S/C16H24FNO/c1-11(2)16(13-6-8-14(17)9-7-13)18-15(10-19-3)12-4-5-12/h6-9,11-12,15-16,18H,4-5,10H2,1-3H3. The molecule has 2 atom stereocenters. The smallest absolute Gasteiger partial charge is 0.123 e. The maximum Gasteiger partial charge on any atom is 0.123 e. The van der Waals surface area contributed by atoms with Gasteiger partial charge in [0, 0.05) is 19.2 Å². The zero-order valence-corrected chi connectivity index (χ0v) is 12.0. The van der Waals surface area contributed by atoms with E-state index in [1.54, 1.807) is 7.11 Å². The van der Waals surface area contributed by atoms with E-state index < -0.39 is 0 Å². The van der Waals surface area contributed by atoms with Gasteiger partial charge in [-0.1, -0.05) is 26.0 Å². The fourth-order valence-corrected chi connectivity index (χ4v) is 2.57. The molecule has 1 fully saturated rings. The summed E-state index contributed by atoms with van der Waals surface area (Å²) in [5, 5.41) is 3.70. The van der Waals surface area contributed by atoms with Crippen molar-refractivity contribution in [2.75, 3.05) is 13.7 Å². The van der Waals surface area contributed by atoms with Crippen molar-refractivity contribution in [1.82, 2.24) is 5.32 Å². The van der Waals surface area contributed by atoms with Crippen LogP contribution in [0.5, 0.6) is 0 Å². The molecule has 1 aliphatic carbocycles. The third kappa shape index (κ3) is 4.02. The SMILES string of the molecule is COCC(NC(c1ccc(F)cc1)C(C)C)C1CC1. The molecule has 1 N–H and O–H groups in total. The third-order valence-electron chi connectivity index (χ3n) is 3.83. The van der Waals surface area contributed by atoms with E-state index in [9.17, 15) is 4.39 Å². The van der Waals surface area contributed by atoms with Crippen molar-refractivity contribution in [3.63, 3.8) is 0 Å². The van der Waals surface area contributed by atoms with Crippen molar-refractivity contribution < 1.29 is 9.13 Å². The minimum absolute atomic E-state index is 0.179. The number of rotatable bonds is 7. The van der Waals surface area contributed by atoms with Gasteiger partial charge in [-0.2, -0.15) is 0 Å². The van der Waals surface area contributed by atoms with Gasteiger partial charge in [0.1, 0.15) is 5.82 Å². The van der Waals surface area contributed by atoms with Gasteiger partial charge in [0.05, 0.1) is 6.61 Å². The Bertz CT molecular complexity index is 386. The van der Waals surface area contributed by atoms with Crippen LogP contribution in [0.3, 0.4) is 0 Å². The van der Waals surface area contributed by atoms with Crippen LogP contribution in [0.15, 0.2) is 24.3 Å². The number of methoxy groups -OCH3 is 1. The summed E-state index contributed by atoms with van der Waals surface area (Å²) in [6.07, 6.45) is 2.57. The monoisotopic (exact) mass is 265 g/mol. The Labute approximate surface area is 115 Å². The molecule has 19 heavy (non-hydrogen) atoms. The molecule has 0 bridgehead atoms. The van der Waals surface area contributed by atoms with E-state index in [2.05, 4.69) is 19.2 Å². The molecule has 0 spiro atoms. The first-order valence-electron chi connectivity index (χ1n) is 7.12. The first-order valence-corrected chi connectivity index (χ1v) is 7.12. The van der Waals surface area contributed by atoms with E-state index in [4.69, 9.17) is 4.74 Å². The van der Waals surface area contributed by atoms with Gasteiger partial charge in [0.25, 0.3) is 0 Å². The molecule has 0 heterocycles. The van der Waals surface area contributed by atoms with E-state index in [1.807, 2.05) is 12.1 Å². The number of halogens is 1. The van der Waals surface area contributed by atoms with Crippen molar-refractivity contribution in [2.45, 2.75) is 38.8 Å². The predicted octanol–water partition coefficient (Wildman–Crippen LogP) is 3.54. The molecular formula is C16H24FNO. The Morgan fingerprint density at radius 3 is 2.37 bits per heavy atom. The number of hydrogen-bond donors (Lipinski definition) is 1. The molecule has 2 nitrogen and oxygen atoms in total. The molecule has 0 amide bonds. The summed E-state index contributed by atoms with van der Waals surface area (Å²) in [4.78, 5) is 0. The summed E-state index contributed by atoms with van der Waals surface area (Å²) in [5.41, 5.74) is 1.15. The number of nitrogens with one attached hydrogen (secondary N) is 1. The van der Waals surface area contributed by atoms with E-state index in [0.29, 0.717) is 12.0 Å². The lowest BCUT2D eigenvalue weighted by Crippen LogP contribution is -2.40. The summed E-state index contributed by atoms with van der Waals surface area (Å²) < 4.78 is 18.4. The third-order valence-corrected chi connectivity index (χ3v) is 3.83. The van der Waals surface area contributed by atoms with Crippen LogP contribution in [-0.4, -0.2) is 19.8 Å². The number of ether oxygens (including phenoxy) is 1. The number of benzene rings is 1. The normalized spacial score (nSPS) is 18.6. The molecule has 2 rings (SSSR count). The highest BCUT2D eigenvalue weighted by molar-refractivity contribution is 5.20.